The molecule has 1 aromatic carbocycles. The van der Waals surface area contributed by atoms with E-state index in [1.54, 1.807) is 11.3 Å². The van der Waals surface area contributed by atoms with Gasteiger partial charge in [0.25, 0.3) is 0 Å². The van der Waals surface area contributed by atoms with Crippen molar-refractivity contribution in [3.8, 4) is 0 Å². The maximum Gasteiger partial charge on any atom is 0.193 e. The van der Waals surface area contributed by atoms with Gasteiger partial charge in [-0.25, -0.2) is 4.98 Å². The number of Topliss-reactive ketones (excluding diaryl/α,β-unsaturated/α-hetero) is 1. The van der Waals surface area contributed by atoms with E-state index in [1.807, 2.05) is 47.3 Å². The first-order valence-electron chi connectivity index (χ1n) is 5.84. The van der Waals surface area contributed by atoms with Crippen LogP contribution in [0.4, 0.5) is 0 Å². The highest BCUT2D eigenvalue weighted by Gasteiger charge is 2.11. The molecule has 0 bridgehead atoms. The number of thiazole rings is 1. The zero-order valence-electron chi connectivity index (χ0n) is 10.3. The first-order valence-corrected chi connectivity index (χ1v) is 7.51. The van der Waals surface area contributed by atoms with E-state index in [-0.39, 0.29) is 5.78 Å². The molecule has 0 aliphatic carbocycles. The Bertz CT molecular complexity index is 731. The molecule has 0 atom stereocenters. The lowest BCUT2D eigenvalue weighted by Gasteiger charge is -2.02. The van der Waals surface area contributed by atoms with Crippen LogP contribution in [0.5, 0.6) is 0 Å². The third kappa shape index (κ3) is 2.48. The SMILES string of the molecule is Cc1cc(C(=O)Cc2cn3ccsc3n2)ccc1Br. The lowest BCUT2D eigenvalue weighted by atomic mass is 10.0. The number of hydrogen-bond acceptors (Lipinski definition) is 3. The quantitative estimate of drug-likeness (QED) is 0.681. The standard InChI is InChI=1S/C14H11BrN2OS/c1-9-6-10(2-3-12(9)15)13(18)7-11-8-17-4-5-19-14(17)16-11/h2-6,8H,7H2,1H3. The molecule has 0 aliphatic heterocycles. The molecule has 2 aromatic heterocycles. The molecule has 3 rings (SSSR count). The topological polar surface area (TPSA) is 34.4 Å². The number of fused-ring (bicyclic) bond motifs is 1. The molecule has 2 heterocycles. The van der Waals surface area contributed by atoms with Gasteiger partial charge in [-0.1, -0.05) is 22.0 Å². The molecule has 5 heteroatoms. The number of nitrogens with zero attached hydrogens (tertiary/aromatic N) is 2. The lowest BCUT2D eigenvalue weighted by molar-refractivity contribution is 0.0992. The Hall–Kier alpha value is -1.46. The summed E-state index contributed by atoms with van der Waals surface area (Å²) in [7, 11) is 0. The molecular weight excluding hydrogens is 324 g/mol. The fourth-order valence-corrected chi connectivity index (χ4v) is 2.91. The summed E-state index contributed by atoms with van der Waals surface area (Å²) in [5.74, 6) is 0.0985. The Balaban J connectivity index is 1.84. The number of aryl methyl sites for hydroxylation is 1. The summed E-state index contributed by atoms with van der Waals surface area (Å²) in [6, 6.07) is 5.66. The van der Waals surface area contributed by atoms with Crippen molar-refractivity contribution in [3.05, 3.63) is 57.3 Å². The highest BCUT2D eigenvalue weighted by Crippen LogP contribution is 2.19. The second-order valence-corrected chi connectivity index (χ2v) is 6.12. The minimum Gasteiger partial charge on any atom is -0.297 e. The summed E-state index contributed by atoms with van der Waals surface area (Å²) in [4.78, 5) is 17.6. The van der Waals surface area contributed by atoms with Crippen molar-refractivity contribution in [1.82, 2.24) is 9.38 Å². The van der Waals surface area contributed by atoms with Gasteiger partial charge >= 0.3 is 0 Å². The van der Waals surface area contributed by atoms with Gasteiger partial charge in [-0.3, -0.25) is 9.20 Å². The number of carbonyl (C=O) groups excluding carboxylic acids is 1. The Morgan fingerprint density at radius 1 is 1.47 bits per heavy atom. The summed E-state index contributed by atoms with van der Waals surface area (Å²) in [6.45, 7) is 1.98. The van der Waals surface area contributed by atoms with Gasteiger partial charge in [0.1, 0.15) is 0 Å². The van der Waals surface area contributed by atoms with Gasteiger partial charge in [-0.15, -0.1) is 11.3 Å². The van der Waals surface area contributed by atoms with Crippen LogP contribution in [0.3, 0.4) is 0 Å². The van der Waals surface area contributed by atoms with Crippen molar-refractivity contribution in [1.29, 1.82) is 0 Å². The molecule has 0 N–H and O–H groups in total. The molecule has 3 aromatic rings. The van der Waals surface area contributed by atoms with E-state index < -0.39 is 0 Å². The molecule has 0 radical (unpaired) electrons. The van der Waals surface area contributed by atoms with Gasteiger partial charge in [-0.05, 0) is 24.6 Å². The van der Waals surface area contributed by atoms with E-state index >= 15 is 0 Å². The molecule has 0 amide bonds. The average molecular weight is 335 g/mol. The Labute approximate surface area is 123 Å². The molecule has 0 fully saturated rings. The zero-order chi connectivity index (χ0) is 13.4. The van der Waals surface area contributed by atoms with Gasteiger partial charge in [0.05, 0.1) is 12.1 Å². The van der Waals surface area contributed by atoms with Crippen molar-refractivity contribution in [2.24, 2.45) is 0 Å². The number of imidazole rings is 1. The van der Waals surface area contributed by atoms with E-state index in [2.05, 4.69) is 20.9 Å². The van der Waals surface area contributed by atoms with Crippen LogP contribution in [0, 0.1) is 6.92 Å². The molecular formula is C14H11BrN2OS. The summed E-state index contributed by atoms with van der Waals surface area (Å²) in [5, 5.41) is 1.98. The minimum atomic E-state index is 0.0985. The molecule has 19 heavy (non-hydrogen) atoms. The fourth-order valence-electron chi connectivity index (χ4n) is 1.95. The van der Waals surface area contributed by atoms with E-state index in [9.17, 15) is 4.79 Å². The van der Waals surface area contributed by atoms with Crippen molar-refractivity contribution >= 4 is 38.0 Å². The predicted molar refractivity (Wildman–Crippen MR) is 80.0 cm³/mol. The monoisotopic (exact) mass is 334 g/mol. The smallest absolute Gasteiger partial charge is 0.193 e. The van der Waals surface area contributed by atoms with E-state index in [0.29, 0.717) is 6.42 Å². The van der Waals surface area contributed by atoms with Gasteiger partial charge in [0.2, 0.25) is 0 Å². The third-order valence-corrected chi connectivity index (χ3v) is 4.63. The number of halogens is 1. The van der Waals surface area contributed by atoms with Crippen molar-refractivity contribution < 1.29 is 4.79 Å². The maximum absolute atomic E-state index is 12.2. The largest absolute Gasteiger partial charge is 0.297 e. The Morgan fingerprint density at radius 2 is 2.32 bits per heavy atom. The molecule has 0 saturated heterocycles. The first-order chi connectivity index (χ1) is 9.13. The van der Waals surface area contributed by atoms with Gasteiger partial charge in [0, 0.05) is 27.8 Å². The average Bonchev–Trinajstić information content (AvgIpc) is 2.93. The number of hydrogen-bond donors (Lipinski definition) is 0. The van der Waals surface area contributed by atoms with Gasteiger partial charge in [-0.2, -0.15) is 0 Å². The van der Waals surface area contributed by atoms with Crippen LogP contribution in [0.15, 0.2) is 40.4 Å². The van der Waals surface area contributed by atoms with E-state index in [1.165, 1.54) is 0 Å². The number of benzene rings is 1. The lowest BCUT2D eigenvalue weighted by Crippen LogP contribution is -2.04. The van der Waals surface area contributed by atoms with Crippen LogP contribution < -0.4 is 0 Å². The number of rotatable bonds is 3. The van der Waals surface area contributed by atoms with Crippen LogP contribution in [0.2, 0.25) is 0 Å². The zero-order valence-corrected chi connectivity index (χ0v) is 12.7. The third-order valence-electron chi connectivity index (χ3n) is 2.96. The Morgan fingerprint density at radius 3 is 3.05 bits per heavy atom. The van der Waals surface area contributed by atoms with Crippen molar-refractivity contribution in [2.45, 2.75) is 13.3 Å². The highest BCUT2D eigenvalue weighted by molar-refractivity contribution is 9.10. The molecule has 0 unspecified atom stereocenters. The highest BCUT2D eigenvalue weighted by atomic mass is 79.9. The molecule has 3 nitrogen and oxygen atoms in total. The fraction of sp³-hybridized carbons (Fsp3) is 0.143. The first kappa shape index (κ1) is 12.6. The second-order valence-electron chi connectivity index (χ2n) is 4.39. The van der Waals surface area contributed by atoms with E-state index in [0.717, 1.165) is 26.3 Å². The maximum atomic E-state index is 12.2. The summed E-state index contributed by atoms with van der Waals surface area (Å²) < 4.78 is 2.96. The molecule has 0 spiro atoms. The van der Waals surface area contributed by atoms with Crippen LogP contribution in [-0.4, -0.2) is 15.2 Å². The van der Waals surface area contributed by atoms with Crippen LogP contribution in [0.1, 0.15) is 21.6 Å². The van der Waals surface area contributed by atoms with Gasteiger partial charge < -0.3 is 0 Å². The van der Waals surface area contributed by atoms with Crippen LogP contribution in [-0.2, 0) is 6.42 Å². The molecule has 0 saturated carbocycles. The summed E-state index contributed by atoms with van der Waals surface area (Å²) in [5.41, 5.74) is 2.62. The molecule has 0 aliphatic rings. The number of ketones is 1. The summed E-state index contributed by atoms with van der Waals surface area (Å²) >= 11 is 5.01. The molecule has 96 valence electrons. The van der Waals surface area contributed by atoms with E-state index in [4.69, 9.17) is 0 Å². The van der Waals surface area contributed by atoms with Crippen molar-refractivity contribution in [3.63, 3.8) is 0 Å². The predicted octanol–water partition coefficient (Wildman–Crippen LogP) is 3.89. The van der Waals surface area contributed by atoms with Crippen molar-refractivity contribution in [2.75, 3.05) is 0 Å². The van der Waals surface area contributed by atoms with Gasteiger partial charge in [0.15, 0.2) is 10.7 Å². The summed E-state index contributed by atoms with van der Waals surface area (Å²) in [6.07, 6.45) is 4.20. The minimum absolute atomic E-state index is 0.0985. The number of carbonyl (C=O) groups is 1. The second kappa shape index (κ2) is 4.90. The van der Waals surface area contributed by atoms with Crippen LogP contribution in [0.25, 0.3) is 4.96 Å². The number of aromatic nitrogens is 2. The Kier molecular flexibility index (Phi) is 3.24. The normalized spacial score (nSPS) is 11.1. The van der Waals surface area contributed by atoms with Crippen LogP contribution >= 0.6 is 27.3 Å².